The number of nitrogens with one attached hydrogen (secondary N) is 1. The van der Waals surface area contributed by atoms with Crippen molar-refractivity contribution >= 4 is 16.0 Å². The van der Waals surface area contributed by atoms with Gasteiger partial charge in [0.1, 0.15) is 0 Å². The van der Waals surface area contributed by atoms with Crippen molar-refractivity contribution in [3.8, 4) is 0 Å². The molecule has 46 heavy (non-hydrogen) atoms. The van der Waals surface area contributed by atoms with E-state index in [1.807, 2.05) is 6.08 Å². The van der Waals surface area contributed by atoms with Gasteiger partial charge in [0.2, 0.25) is 5.91 Å². The molecule has 0 heterocycles. The molecule has 6 nitrogen and oxygen atoms in total. The number of aliphatic hydroxyl groups is 1. The molecule has 0 radical (unpaired) electrons. The van der Waals surface area contributed by atoms with Gasteiger partial charge in [-0.1, -0.05) is 186 Å². The molecule has 0 fully saturated rings. The van der Waals surface area contributed by atoms with Crippen LogP contribution >= 0.6 is 0 Å². The van der Waals surface area contributed by atoms with Gasteiger partial charge >= 0.3 is 0 Å². The predicted octanol–water partition coefficient (Wildman–Crippen LogP) is 11.2. The zero-order valence-corrected chi connectivity index (χ0v) is 31.0. The lowest BCUT2D eigenvalue weighted by Crippen LogP contribution is -2.46. The van der Waals surface area contributed by atoms with Gasteiger partial charge in [0.05, 0.1) is 17.9 Å². The maximum Gasteiger partial charge on any atom is 0.267 e. The van der Waals surface area contributed by atoms with Crippen LogP contribution in [0.3, 0.4) is 0 Å². The van der Waals surface area contributed by atoms with Gasteiger partial charge in [-0.3, -0.25) is 9.35 Å². The number of amides is 1. The van der Waals surface area contributed by atoms with Gasteiger partial charge in [-0.15, -0.1) is 0 Å². The molecule has 0 aliphatic carbocycles. The first-order chi connectivity index (χ1) is 22.3. The number of unbranched alkanes of at least 4 members (excludes halogenated alkanes) is 25. The third-order valence-electron chi connectivity index (χ3n) is 8.88. The van der Waals surface area contributed by atoms with E-state index in [0.29, 0.717) is 6.42 Å². The SMILES string of the molecule is CCCCCCCCCCCC/C=C/CC/C=C/C(O)C(CS(=O)(=O)O)NC(=O)CCCCCCCCCCCCCCCCC. The number of rotatable bonds is 35. The fraction of sp³-hybridized carbons (Fsp3) is 0.872. The Hall–Kier alpha value is -1.18. The van der Waals surface area contributed by atoms with Gasteiger partial charge in [-0.05, 0) is 32.1 Å². The molecule has 2 atom stereocenters. The van der Waals surface area contributed by atoms with Gasteiger partial charge in [-0.25, -0.2) is 0 Å². The van der Waals surface area contributed by atoms with Crippen LogP contribution in [-0.2, 0) is 14.9 Å². The average molecular weight is 670 g/mol. The zero-order valence-electron chi connectivity index (χ0n) is 30.2. The summed E-state index contributed by atoms with van der Waals surface area (Å²) in [6.07, 6.45) is 41.6. The highest BCUT2D eigenvalue weighted by Crippen LogP contribution is 2.15. The molecular formula is C39H75NO5S. The average Bonchev–Trinajstić information content (AvgIpc) is 3.01. The topological polar surface area (TPSA) is 104 Å². The van der Waals surface area contributed by atoms with Gasteiger partial charge < -0.3 is 10.4 Å². The van der Waals surface area contributed by atoms with E-state index in [0.717, 1.165) is 38.5 Å². The summed E-state index contributed by atoms with van der Waals surface area (Å²) < 4.78 is 32.4. The largest absolute Gasteiger partial charge is 0.387 e. The molecule has 0 aliphatic rings. The van der Waals surface area contributed by atoms with Crippen molar-refractivity contribution in [2.24, 2.45) is 0 Å². The molecular weight excluding hydrogens is 594 g/mol. The minimum atomic E-state index is -4.35. The smallest absolute Gasteiger partial charge is 0.267 e. The van der Waals surface area contributed by atoms with Crippen molar-refractivity contribution in [1.82, 2.24) is 5.32 Å². The van der Waals surface area contributed by atoms with Crippen LogP contribution in [0.25, 0.3) is 0 Å². The van der Waals surface area contributed by atoms with Crippen LogP contribution in [0.2, 0.25) is 0 Å². The fourth-order valence-corrected chi connectivity index (χ4v) is 6.67. The molecule has 0 rings (SSSR count). The Morgan fingerprint density at radius 1 is 0.565 bits per heavy atom. The van der Waals surface area contributed by atoms with Gasteiger partial charge in [0, 0.05) is 6.42 Å². The summed E-state index contributed by atoms with van der Waals surface area (Å²) in [6, 6.07) is -1.07. The zero-order chi connectivity index (χ0) is 34.0. The third-order valence-corrected chi connectivity index (χ3v) is 9.66. The number of hydrogen-bond acceptors (Lipinski definition) is 4. The summed E-state index contributed by atoms with van der Waals surface area (Å²) in [5.74, 6) is -0.993. The number of aliphatic hydroxyl groups excluding tert-OH is 1. The van der Waals surface area contributed by atoms with Gasteiger partial charge in [0.25, 0.3) is 10.1 Å². The van der Waals surface area contributed by atoms with Crippen LogP contribution in [0.5, 0.6) is 0 Å². The molecule has 0 saturated heterocycles. The van der Waals surface area contributed by atoms with Crippen molar-refractivity contribution in [2.75, 3.05) is 5.75 Å². The lowest BCUT2D eigenvalue weighted by Gasteiger charge is -2.21. The summed E-state index contributed by atoms with van der Waals surface area (Å²) >= 11 is 0. The minimum absolute atomic E-state index is 0.286. The number of carbonyl (C=O) groups excluding carboxylic acids is 1. The first kappa shape index (κ1) is 44.8. The summed E-state index contributed by atoms with van der Waals surface area (Å²) in [5, 5.41) is 13.2. The Labute approximate surface area is 285 Å². The van der Waals surface area contributed by atoms with Crippen molar-refractivity contribution < 1.29 is 22.9 Å². The molecule has 0 bridgehead atoms. The molecule has 0 aromatic carbocycles. The Bertz CT molecular complexity index is 826. The third kappa shape index (κ3) is 34.2. The van der Waals surface area contributed by atoms with E-state index in [9.17, 15) is 22.9 Å². The van der Waals surface area contributed by atoms with E-state index in [1.54, 1.807) is 0 Å². The van der Waals surface area contributed by atoms with Crippen LogP contribution in [0, 0.1) is 0 Å². The van der Waals surface area contributed by atoms with E-state index in [4.69, 9.17) is 0 Å². The second kappa shape index (κ2) is 33.7. The monoisotopic (exact) mass is 670 g/mol. The molecule has 7 heteroatoms. The molecule has 272 valence electrons. The maximum absolute atomic E-state index is 12.5. The summed E-state index contributed by atoms with van der Waals surface area (Å²) in [6.45, 7) is 4.51. The molecule has 1 amide bonds. The number of allylic oxidation sites excluding steroid dienone is 3. The van der Waals surface area contributed by atoms with Gasteiger partial charge in [0.15, 0.2) is 0 Å². The lowest BCUT2D eigenvalue weighted by atomic mass is 10.0. The second-order valence-corrected chi connectivity index (χ2v) is 15.1. The van der Waals surface area contributed by atoms with Crippen molar-refractivity contribution in [2.45, 2.75) is 212 Å². The Balaban J connectivity index is 3.98. The minimum Gasteiger partial charge on any atom is -0.387 e. The predicted molar refractivity (Wildman–Crippen MR) is 198 cm³/mol. The Morgan fingerprint density at radius 2 is 0.935 bits per heavy atom. The van der Waals surface area contributed by atoms with Crippen molar-refractivity contribution in [3.05, 3.63) is 24.3 Å². The second-order valence-electron chi connectivity index (χ2n) is 13.6. The van der Waals surface area contributed by atoms with E-state index < -0.39 is 28.0 Å². The lowest BCUT2D eigenvalue weighted by molar-refractivity contribution is -0.122. The van der Waals surface area contributed by atoms with Crippen LogP contribution in [-0.4, -0.2) is 41.9 Å². The highest BCUT2D eigenvalue weighted by Gasteiger charge is 2.24. The summed E-state index contributed by atoms with van der Waals surface area (Å²) in [4.78, 5) is 12.5. The van der Waals surface area contributed by atoms with Crippen LogP contribution in [0.4, 0.5) is 0 Å². The molecule has 0 aromatic heterocycles. The van der Waals surface area contributed by atoms with E-state index >= 15 is 0 Å². The first-order valence-electron chi connectivity index (χ1n) is 19.5. The normalized spacial score (nSPS) is 13.6. The van der Waals surface area contributed by atoms with E-state index in [1.165, 1.54) is 147 Å². The molecule has 3 N–H and O–H groups in total. The quantitative estimate of drug-likeness (QED) is 0.0354. The van der Waals surface area contributed by atoms with Crippen molar-refractivity contribution in [1.29, 1.82) is 0 Å². The summed E-state index contributed by atoms with van der Waals surface area (Å²) in [7, 11) is -4.35. The highest BCUT2D eigenvalue weighted by molar-refractivity contribution is 7.85. The van der Waals surface area contributed by atoms with E-state index in [2.05, 4.69) is 31.3 Å². The van der Waals surface area contributed by atoms with Crippen molar-refractivity contribution in [3.63, 3.8) is 0 Å². The molecule has 0 saturated carbocycles. The molecule has 0 aliphatic heterocycles. The Morgan fingerprint density at radius 3 is 1.37 bits per heavy atom. The highest BCUT2D eigenvalue weighted by atomic mass is 32.2. The summed E-state index contributed by atoms with van der Waals surface area (Å²) in [5.41, 5.74) is 0. The molecule has 0 aromatic rings. The first-order valence-corrected chi connectivity index (χ1v) is 21.1. The molecule has 0 spiro atoms. The van der Waals surface area contributed by atoms with Gasteiger partial charge in [-0.2, -0.15) is 8.42 Å². The number of carbonyl (C=O) groups is 1. The van der Waals surface area contributed by atoms with Crippen LogP contribution in [0.15, 0.2) is 24.3 Å². The van der Waals surface area contributed by atoms with Crippen LogP contribution < -0.4 is 5.32 Å². The van der Waals surface area contributed by atoms with E-state index in [-0.39, 0.29) is 5.91 Å². The van der Waals surface area contributed by atoms with Crippen LogP contribution in [0.1, 0.15) is 200 Å². The fourth-order valence-electron chi connectivity index (χ4n) is 5.94. The standard InChI is InChI=1S/C39H75NO5S/c1-3-5-7-9-11-13-15-17-19-21-22-24-26-28-30-32-34-38(41)37(36-46(43,44)45)40-39(42)35-33-31-29-27-25-23-20-18-16-14-12-10-8-6-4-2/h24,26,32,34,37-38,41H,3-23,25,27-31,33,35-36H2,1-2H3,(H,40,42)(H,43,44,45)/b26-24+,34-32+. The number of hydrogen-bond donors (Lipinski definition) is 3. The molecule has 2 unspecified atom stereocenters. The Kier molecular flexibility index (Phi) is 32.8. The maximum atomic E-state index is 12.5.